The second-order valence-corrected chi connectivity index (χ2v) is 20.2. The Bertz CT molecular complexity index is 2770. The SMILES string of the molecule is C=CCOC12Oc3ccc(OCc4ccccc4F)cc3C3C(CCCCO)C(CCCCO)C=C(C(=NOCc4ccc([N+](=O)[O-])cc4)CC1N(Cc1cccc4ccccc14)C(=O)CCC1CCCC1)C32. The first-order valence-electron chi connectivity index (χ1n) is 26.3. The van der Waals surface area contributed by atoms with Crippen LogP contribution in [0.15, 0.2) is 139 Å². The molecule has 0 saturated heterocycles. The van der Waals surface area contributed by atoms with Crippen LogP contribution in [0.25, 0.3) is 10.8 Å². The van der Waals surface area contributed by atoms with Gasteiger partial charge in [-0.15, -0.1) is 6.58 Å². The van der Waals surface area contributed by atoms with E-state index in [2.05, 4.69) is 36.9 Å². The van der Waals surface area contributed by atoms with E-state index < -0.39 is 22.7 Å². The third-order valence-corrected chi connectivity index (χ3v) is 15.7. The lowest BCUT2D eigenvalue weighted by Crippen LogP contribution is -2.70. The normalized spacial score (nSPS) is 22.8. The van der Waals surface area contributed by atoms with E-state index in [9.17, 15) is 24.7 Å². The average molecular weight is 994 g/mol. The van der Waals surface area contributed by atoms with Gasteiger partial charge in [-0.3, -0.25) is 14.9 Å². The largest absolute Gasteiger partial charge is 0.489 e. The van der Waals surface area contributed by atoms with Gasteiger partial charge in [0.05, 0.1) is 23.2 Å². The fourth-order valence-corrected chi connectivity index (χ4v) is 12.2. The number of hydrogen-bond donors (Lipinski definition) is 2. The van der Waals surface area contributed by atoms with Crippen LogP contribution >= 0.6 is 0 Å². The van der Waals surface area contributed by atoms with Crippen LogP contribution in [0.3, 0.4) is 0 Å². The number of rotatable bonds is 24. The van der Waals surface area contributed by atoms with Gasteiger partial charge in [0.1, 0.15) is 36.6 Å². The van der Waals surface area contributed by atoms with E-state index in [0.29, 0.717) is 53.5 Å². The lowest BCUT2D eigenvalue weighted by molar-refractivity contribution is -0.384. The van der Waals surface area contributed by atoms with Crippen molar-refractivity contribution in [1.29, 1.82) is 0 Å². The van der Waals surface area contributed by atoms with Crippen molar-refractivity contribution in [2.24, 2.45) is 28.8 Å². The van der Waals surface area contributed by atoms with Gasteiger partial charge in [-0.05, 0) is 114 Å². The first-order chi connectivity index (χ1) is 35.7. The summed E-state index contributed by atoms with van der Waals surface area (Å²) in [5, 5.41) is 38.8. The Hall–Kier alpha value is -6.41. The number of benzene rings is 5. The molecule has 4 aliphatic rings. The number of ether oxygens (including phenoxy) is 3. The number of non-ortho nitro benzene ring substituents is 1. The molecule has 3 aliphatic carbocycles. The van der Waals surface area contributed by atoms with Crippen LogP contribution in [0.5, 0.6) is 11.5 Å². The first kappa shape index (κ1) is 51.5. The Morgan fingerprint density at radius 2 is 1.63 bits per heavy atom. The summed E-state index contributed by atoms with van der Waals surface area (Å²) >= 11 is 0. The molecular weight excluding hydrogens is 926 g/mol. The zero-order chi connectivity index (χ0) is 50.7. The molecule has 6 unspecified atom stereocenters. The summed E-state index contributed by atoms with van der Waals surface area (Å²) in [5.74, 6) is -1.15. The Labute approximate surface area is 427 Å². The highest BCUT2D eigenvalue weighted by Gasteiger charge is 2.65. The molecule has 2 fully saturated rings. The topological polar surface area (TPSA) is 153 Å². The molecule has 0 radical (unpaired) electrons. The number of aliphatic hydroxyl groups excluding tert-OH is 2. The molecule has 12 nitrogen and oxygen atoms in total. The van der Waals surface area contributed by atoms with Crippen molar-refractivity contribution in [3.05, 3.63) is 172 Å². The summed E-state index contributed by atoms with van der Waals surface area (Å²) in [6.45, 7) is 4.66. The number of unbranched alkanes of at least 4 members (excludes halogenated alkanes) is 2. The summed E-state index contributed by atoms with van der Waals surface area (Å²) in [6, 6.07) is 32.2. The third-order valence-electron chi connectivity index (χ3n) is 15.7. The number of amides is 1. The zero-order valence-electron chi connectivity index (χ0n) is 41.6. The number of aliphatic hydroxyl groups is 2. The Kier molecular flexibility index (Phi) is 17.0. The maximum absolute atomic E-state index is 15.6. The fourth-order valence-electron chi connectivity index (χ4n) is 12.2. The molecule has 2 N–H and O–H groups in total. The minimum atomic E-state index is -1.48. The van der Waals surface area contributed by atoms with Crippen LogP contribution in [0, 0.1) is 39.6 Å². The van der Waals surface area contributed by atoms with E-state index in [4.69, 9.17) is 24.2 Å². The predicted octanol–water partition coefficient (Wildman–Crippen LogP) is 12.3. The highest BCUT2D eigenvalue weighted by molar-refractivity contribution is 6.03. The highest BCUT2D eigenvalue weighted by atomic mass is 19.1. The fraction of sp³-hybridized carbons (Fsp3) is 0.433. The number of nitro groups is 1. The zero-order valence-corrected chi connectivity index (χ0v) is 41.6. The minimum Gasteiger partial charge on any atom is -0.489 e. The number of halogens is 1. The molecule has 6 atom stereocenters. The van der Waals surface area contributed by atoms with Gasteiger partial charge in [-0.25, -0.2) is 4.39 Å². The molecule has 5 aromatic carbocycles. The van der Waals surface area contributed by atoms with Gasteiger partial charge < -0.3 is 34.2 Å². The smallest absolute Gasteiger partial charge is 0.269 e. The third kappa shape index (κ3) is 11.5. The van der Waals surface area contributed by atoms with Gasteiger partial charge >= 0.3 is 0 Å². The molecule has 0 aromatic heterocycles. The van der Waals surface area contributed by atoms with Crippen LogP contribution in [-0.4, -0.2) is 63.3 Å². The van der Waals surface area contributed by atoms with Crippen molar-refractivity contribution in [3.63, 3.8) is 0 Å². The molecule has 13 heteroatoms. The molecule has 0 spiro atoms. The molecule has 0 bridgehead atoms. The first-order valence-corrected chi connectivity index (χ1v) is 26.3. The number of carbonyl (C=O) groups excluding carboxylic acids is 1. The molecular formula is C60H68FN3O9. The molecule has 73 heavy (non-hydrogen) atoms. The van der Waals surface area contributed by atoms with Crippen LogP contribution < -0.4 is 9.47 Å². The number of allylic oxidation sites excluding steroid dienone is 1. The van der Waals surface area contributed by atoms with Crippen molar-refractivity contribution in [3.8, 4) is 11.5 Å². The maximum atomic E-state index is 15.6. The highest BCUT2D eigenvalue weighted by Crippen LogP contribution is 2.62. The van der Waals surface area contributed by atoms with Gasteiger partial charge in [0, 0.05) is 61.8 Å². The van der Waals surface area contributed by atoms with E-state index in [1.54, 1.807) is 36.4 Å². The molecule has 384 valence electrons. The van der Waals surface area contributed by atoms with Gasteiger partial charge in [0.15, 0.2) is 0 Å². The van der Waals surface area contributed by atoms with Crippen molar-refractivity contribution in [2.45, 2.75) is 121 Å². The van der Waals surface area contributed by atoms with Crippen LogP contribution in [0.2, 0.25) is 0 Å². The van der Waals surface area contributed by atoms with E-state index in [1.165, 1.54) is 31.0 Å². The van der Waals surface area contributed by atoms with Gasteiger partial charge in [-0.1, -0.05) is 116 Å². The number of oxime groups is 1. The average Bonchev–Trinajstić information content (AvgIpc) is 3.94. The standard InChI is InChI=1S/C60H68FN3O9/c1-2-34-71-60-56(63(57(67)31-26-41-14-3-4-15-41)38-45-20-13-19-43-16-5-7-21-49(43)45)37-54(62-72-39-42-24-27-47(28-25-42)64(68)69)51-35-44(17-9-11-32-65)50(22-10-12-33-66)58(59(51)60)52-36-48(29-30-55(52)73-60)70-40-46-18-6-8-23-53(46)61/h2,5-8,13,16,18-21,23-25,27-30,35-36,41,44,50,56,58-59,65-66H,1,3-4,9-12,14-15,17,22,26,31-34,37-40H2. The second kappa shape index (κ2) is 24.1. The van der Waals surface area contributed by atoms with Crippen molar-refractivity contribution >= 4 is 28.1 Å². The molecule has 5 aromatic rings. The van der Waals surface area contributed by atoms with Crippen LogP contribution in [0.4, 0.5) is 10.1 Å². The Morgan fingerprint density at radius 1 is 0.890 bits per heavy atom. The lowest BCUT2D eigenvalue weighted by Gasteiger charge is -2.60. The van der Waals surface area contributed by atoms with Gasteiger partial charge in [0.25, 0.3) is 5.69 Å². The quantitative estimate of drug-likeness (QED) is 0.0266. The van der Waals surface area contributed by atoms with Crippen molar-refractivity contribution < 1.29 is 43.4 Å². The van der Waals surface area contributed by atoms with E-state index in [0.717, 1.165) is 72.4 Å². The van der Waals surface area contributed by atoms with Gasteiger partial charge in [0.2, 0.25) is 11.7 Å². The summed E-state index contributed by atoms with van der Waals surface area (Å²) in [7, 11) is 0. The Morgan fingerprint density at radius 3 is 2.40 bits per heavy atom. The van der Waals surface area contributed by atoms with Crippen LogP contribution in [-0.2, 0) is 34.1 Å². The van der Waals surface area contributed by atoms with Crippen molar-refractivity contribution in [1.82, 2.24) is 4.90 Å². The molecule has 1 heterocycles. The molecule has 2 saturated carbocycles. The summed E-state index contributed by atoms with van der Waals surface area (Å²) in [4.78, 5) is 34.9. The molecule has 1 amide bonds. The molecule has 9 rings (SSSR count). The van der Waals surface area contributed by atoms with Crippen LogP contribution in [0.1, 0.15) is 112 Å². The minimum absolute atomic E-state index is 0.00925. The second-order valence-electron chi connectivity index (χ2n) is 20.2. The number of nitrogens with zero attached hydrogens (tertiary/aromatic N) is 3. The van der Waals surface area contributed by atoms with Crippen molar-refractivity contribution in [2.75, 3.05) is 19.8 Å². The summed E-state index contributed by atoms with van der Waals surface area (Å²) < 4.78 is 36.2. The van der Waals surface area contributed by atoms with E-state index in [1.807, 2.05) is 41.3 Å². The van der Waals surface area contributed by atoms with E-state index in [-0.39, 0.29) is 81.2 Å². The maximum Gasteiger partial charge on any atom is 0.269 e. The number of nitro benzene ring substituents is 1. The van der Waals surface area contributed by atoms with Gasteiger partial charge in [-0.2, -0.15) is 0 Å². The monoisotopic (exact) mass is 993 g/mol. The predicted molar refractivity (Wildman–Crippen MR) is 279 cm³/mol. The molecule has 1 aliphatic heterocycles. The number of fused-ring (bicyclic) bond motifs is 3. The summed E-state index contributed by atoms with van der Waals surface area (Å²) in [5.41, 5.74) is 4.50. The summed E-state index contributed by atoms with van der Waals surface area (Å²) in [6.07, 6.45) is 14.2. The lowest BCUT2D eigenvalue weighted by atomic mass is 9.55. The number of hydrogen-bond acceptors (Lipinski definition) is 10. The van der Waals surface area contributed by atoms with E-state index >= 15 is 4.79 Å². The Balaban J connectivity index is 1.23. The number of carbonyl (C=O) groups is 1.